The summed E-state index contributed by atoms with van der Waals surface area (Å²) in [5, 5.41) is 2.11. The Morgan fingerprint density at radius 3 is 2.57 bits per heavy atom. The van der Waals surface area contributed by atoms with Crippen molar-refractivity contribution in [2.75, 3.05) is 6.61 Å². The van der Waals surface area contributed by atoms with Crippen LogP contribution < -0.4 is 15.6 Å². The predicted octanol–water partition coefficient (Wildman–Crippen LogP) is 5.48. The lowest BCUT2D eigenvalue weighted by atomic mass is 10.2. The number of carbonyl (C=O) groups is 2. The van der Waals surface area contributed by atoms with E-state index in [2.05, 4.69) is 10.9 Å². The Labute approximate surface area is 180 Å². The second-order valence-electron chi connectivity index (χ2n) is 5.77. The van der Waals surface area contributed by atoms with Gasteiger partial charge in [0.25, 0.3) is 5.91 Å². The summed E-state index contributed by atoms with van der Waals surface area (Å²) in [4.78, 5) is 24.5. The van der Waals surface area contributed by atoms with E-state index in [1.807, 2.05) is 24.3 Å². The molecule has 28 heavy (non-hydrogen) atoms. The fourth-order valence-electron chi connectivity index (χ4n) is 2.41. The van der Waals surface area contributed by atoms with Gasteiger partial charge in [-0.25, -0.2) is 0 Å². The van der Waals surface area contributed by atoms with Gasteiger partial charge in [-0.2, -0.15) is 0 Å². The van der Waals surface area contributed by atoms with Crippen LogP contribution in [0.25, 0.3) is 10.1 Å². The fraction of sp³-hybridized carbons (Fsp3) is 0.158. The van der Waals surface area contributed by atoms with Crippen molar-refractivity contribution in [2.24, 2.45) is 0 Å². The number of carbonyl (C=O) groups excluding carboxylic acids is 2. The van der Waals surface area contributed by atoms with E-state index in [0.717, 1.165) is 10.1 Å². The Bertz CT molecular complexity index is 1020. The summed E-state index contributed by atoms with van der Waals surface area (Å²) in [6, 6.07) is 12.4. The number of thiophene rings is 1. The van der Waals surface area contributed by atoms with Crippen molar-refractivity contribution in [3.63, 3.8) is 0 Å². The van der Waals surface area contributed by atoms with Gasteiger partial charge in [0.05, 0.1) is 16.7 Å². The van der Waals surface area contributed by atoms with Crippen LogP contribution in [0, 0.1) is 0 Å². The minimum absolute atomic E-state index is 0.172. The van der Waals surface area contributed by atoms with E-state index in [0.29, 0.717) is 38.7 Å². The summed E-state index contributed by atoms with van der Waals surface area (Å²) < 4.78 is 6.42. The molecule has 1 aromatic heterocycles. The molecule has 0 atom stereocenters. The van der Waals surface area contributed by atoms with Crippen LogP contribution in [0.15, 0.2) is 42.5 Å². The fourth-order valence-corrected chi connectivity index (χ4v) is 4.29. The van der Waals surface area contributed by atoms with Gasteiger partial charge in [-0.15, -0.1) is 11.3 Å². The van der Waals surface area contributed by atoms with Crippen molar-refractivity contribution in [3.8, 4) is 5.75 Å². The van der Waals surface area contributed by atoms with Gasteiger partial charge in [-0.1, -0.05) is 53.0 Å². The molecule has 0 unspecified atom stereocenters. The molecule has 9 heteroatoms. The number of rotatable bonds is 6. The smallest absolute Gasteiger partial charge is 0.281 e. The highest BCUT2D eigenvalue weighted by molar-refractivity contribution is 7.21. The van der Waals surface area contributed by atoms with E-state index >= 15 is 0 Å². The first-order chi connectivity index (χ1) is 13.5. The average molecular weight is 458 g/mol. The highest BCUT2D eigenvalue weighted by atomic mass is 35.5. The molecule has 5 nitrogen and oxygen atoms in total. The minimum Gasteiger partial charge on any atom is -0.492 e. The molecular weight excluding hydrogens is 443 g/mol. The van der Waals surface area contributed by atoms with E-state index in [9.17, 15) is 9.59 Å². The maximum absolute atomic E-state index is 12.3. The van der Waals surface area contributed by atoms with Crippen LogP contribution in [0.1, 0.15) is 22.5 Å². The first-order valence-corrected chi connectivity index (χ1v) is 10.2. The number of ether oxygens (including phenoxy) is 1. The Morgan fingerprint density at radius 2 is 1.82 bits per heavy atom. The molecule has 0 aliphatic carbocycles. The summed E-state index contributed by atoms with van der Waals surface area (Å²) in [5.74, 6) is -0.292. The van der Waals surface area contributed by atoms with E-state index in [-0.39, 0.29) is 12.3 Å². The molecule has 0 saturated heterocycles. The molecule has 0 radical (unpaired) electrons. The number of benzene rings is 2. The van der Waals surface area contributed by atoms with Crippen LogP contribution in [-0.4, -0.2) is 18.4 Å². The van der Waals surface area contributed by atoms with E-state index in [1.165, 1.54) is 11.3 Å². The molecule has 0 bridgehead atoms. The van der Waals surface area contributed by atoms with Crippen LogP contribution >= 0.6 is 46.1 Å². The number of halogens is 3. The highest BCUT2D eigenvalue weighted by Crippen LogP contribution is 2.34. The van der Waals surface area contributed by atoms with Gasteiger partial charge in [0, 0.05) is 21.5 Å². The highest BCUT2D eigenvalue weighted by Gasteiger charge is 2.17. The van der Waals surface area contributed by atoms with Crippen molar-refractivity contribution in [2.45, 2.75) is 12.8 Å². The van der Waals surface area contributed by atoms with Crippen LogP contribution in [-0.2, 0) is 4.79 Å². The van der Waals surface area contributed by atoms with Gasteiger partial charge in [-0.3, -0.25) is 20.4 Å². The number of fused-ring (bicyclic) bond motifs is 1. The summed E-state index contributed by atoms with van der Waals surface area (Å²) >= 11 is 19.4. The molecule has 2 N–H and O–H groups in total. The van der Waals surface area contributed by atoms with Crippen molar-refractivity contribution in [1.82, 2.24) is 10.9 Å². The zero-order chi connectivity index (χ0) is 20.1. The van der Waals surface area contributed by atoms with Crippen molar-refractivity contribution < 1.29 is 14.3 Å². The second-order valence-corrected chi connectivity index (χ2v) is 8.04. The van der Waals surface area contributed by atoms with Gasteiger partial charge < -0.3 is 4.74 Å². The van der Waals surface area contributed by atoms with Crippen LogP contribution in [0.2, 0.25) is 15.1 Å². The standard InChI is InChI=1S/C19H15Cl3N2O3S/c20-11-7-8-14(13(21)10-11)27-9-3-6-16(25)23-24-19(26)18-17(22)12-4-1-2-5-15(12)28-18/h1-2,4-5,7-8,10H,3,6,9H2,(H,23,25)(H,24,26). The second kappa shape index (κ2) is 9.47. The Hall–Kier alpha value is -1.99. The quantitative estimate of drug-likeness (QED) is 0.380. The normalized spacial score (nSPS) is 10.7. The SMILES string of the molecule is O=C(CCCOc1ccc(Cl)cc1Cl)NNC(=O)c1sc2ccccc2c1Cl. The molecule has 0 aliphatic heterocycles. The monoisotopic (exact) mass is 456 g/mol. The largest absolute Gasteiger partial charge is 0.492 e. The van der Waals surface area contributed by atoms with Crippen molar-refractivity contribution >= 4 is 68.0 Å². The number of hydrazine groups is 1. The lowest BCUT2D eigenvalue weighted by Gasteiger charge is -2.09. The molecule has 0 spiro atoms. The average Bonchev–Trinajstić information content (AvgIpc) is 3.02. The predicted molar refractivity (Wildman–Crippen MR) is 114 cm³/mol. The summed E-state index contributed by atoms with van der Waals surface area (Å²) in [6.45, 7) is 0.296. The van der Waals surface area contributed by atoms with Gasteiger partial charge in [0.1, 0.15) is 10.6 Å². The Balaban J connectivity index is 1.43. The van der Waals surface area contributed by atoms with Crippen molar-refractivity contribution in [1.29, 1.82) is 0 Å². The molecule has 1 heterocycles. The van der Waals surface area contributed by atoms with E-state index < -0.39 is 5.91 Å². The first-order valence-electron chi connectivity index (χ1n) is 8.30. The van der Waals surface area contributed by atoms with E-state index in [4.69, 9.17) is 39.5 Å². The number of nitrogens with one attached hydrogen (secondary N) is 2. The number of amides is 2. The molecule has 3 aromatic rings. The third-order valence-electron chi connectivity index (χ3n) is 3.76. The van der Waals surface area contributed by atoms with Gasteiger partial charge in [-0.05, 0) is 30.7 Å². The summed E-state index contributed by atoms with van der Waals surface area (Å²) in [5.41, 5.74) is 4.77. The molecule has 146 valence electrons. The number of hydrogen-bond donors (Lipinski definition) is 2. The van der Waals surface area contributed by atoms with Gasteiger partial charge in [0.15, 0.2) is 0 Å². The molecule has 0 fully saturated rings. The molecule has 0 saturated carbocycles. The lowest BCUT2D eigenvalue weighted by Crippen LogP contribution is -2.41. The van der Waals surface area contributed by atoms with Gasteiger partial charge >= 0.3 is 0 Å². The molecule has 2 aromatic carbocycles. The van der Waals surface area contributed by atoms with Gasteiger partial charge in [0.2, 0.25) is 5.91 Å². The molecule has 3 rings (SSSR count). The number of hydrogen-bond acceptors (Lipinski definition) is 4. The Morgan fingerprint density at radius 1 is 1.04 bits per heavy atom. The van der Waals surface area contributed by atoms with E-state index in [1.54, 1.807) is 18.2 Å². The first kappa shape index (κ1) is 20.7. The minimum atomic E-state index is -0.455. The zero-order valence-corrected chi connectivity index (χ0v) is 17.5. The topological polar surface area (TPSA) is 67.4 Å². The third-order valence-corrected chi connectivity index (χ3v) is 5.96. The Kier molecular flexibility index (Phi) is 7.02. The third kappa shape index (κ3) is 5.08. The van der Waals surface area contributed by atoms with Crippen LogP contribution in [0.3, 0.4) is 0 Å². The van der Waals surface area contributed by atoms with Crippen LogP contribution in [0.5, 0.6) is 5.75 Å². The summed E-state index contributed by atoms with van der Waals surface area (Å²) in [6.07, 6.45) is 0.621. The maximum atomic E-state index is 12.3. The molecular formula is C19H15Cl3N2O3S. The molecule has 0 aliphatic rings. The lowest BCUT2D eigenvalue weighted by molar-refractivity contribution is -0.122. The van der Waals surface area contributed by atoms with Crippen LogP contribution in [0.4, 0.5) is 0 Å². The van der Waals surface area contributed by atoms with Crippen molar-refractivity contribution in [3.05, 3.63) is 62.4 Å². The zero-order valence-electron chi connectivity index (χ0n) is 14.4. The maximum Gasteiger partial charge on any atom is 0.281 e. The summed E-state index contributed by atoms with van der Waals surface area (Å²) in [7, 11) is 0. The molecule has 2 amide bonds.